The van der Waals surface area contributed by atoms with E-state index >= 15 is 0 Å². The molecule has 0 fully saturated rings. The van der Waals surface area contributed by atoms with Crippen LogP contribution in [0.4, 0.5) is 0 Å². The van der Waals surface area contributed by atoms with E-state index in [1.54, 1.807) is 12.1 Å². The van der Waals surface area contributed by atoms with E-state index in [1.807, 2.05) is 6.92 Å². The number of nitriles is 1. The lowest BCUT2D eigenvalue weighted by atomic mass is 9.96. The Hall–Kier alpha value is -1.86. The Morgan fingerprint density at radius 1 is 1.56 bits per heavy atom. The molecule has 0 spiro atoms. The highest BCUT2D eigenvalue weighted by molar-refractivity contribution is 5.92. The summed E-state index contributed by atoms with van der Waals surface area (Å²) in [5.74, 6) is -0.427. The van der Waals surface area contributed by atoms with E-state index < -0.39 is 5.97 Å². The van der Waals surface area contributed by atoms with E-state index in [4.69, 9.17) is 11.0 Å². The van der Waals surface area contributed by atoms with Crippen LogP contribution in [0, 0.1) is 11.3 Å². The maximum atomic E-state index is 11.6. The zero-order valence-corrected chi connectivity index (χ0v) is 9.41. The van der Waals surface area contributed by atoms with Gasteiger partial charge >= 0.3 is 5.97 Å². The summed E-state index contributed by atoms with van der Waals surface area (Å²) in [5, 5.41) is 9.01. The number of nitrogens with two attached hydrogens (primary N) is 1. The maximum Gasteiger partial charge on any atom is 0.338 e. The molecule has 0 atom stereocenters. The van der Waals surface area contributed by atoms with Crippen LogP contribution in [0.5, 0.6) is 0 Å². The average molecular weight is 218 g/mol. The number of ether oxygens (including phenoxy) is 1. The van der Waals surface area contributed by atoms with Crippen molar-refractivity contribution in [3.8, 4) is 6.07 Å². The largest absolute Gasteiger partial charge is 0.465 e. The SMILES string of the molecule is CCc1c(C#N)cc(CN)cc1C(=O)OC. The third-order valence-corrected chi connectivity index (χ3v) is 2.42. The van der Waals surface area contributed by atoms with E-state index in [0.29, 0.717) is 29.7 Å². The van der Waals surface area contributed by atoms with Crippen molar-refractivity contribution in [1.29, 1.82) is 5.26 Å². The van der Waals surface area contributed by atoms with Crippen molar-refractivity contribution >= 4 is 5.97 Å². The van der Waals surface area contributed by atoms with Crippen LogP contribution in [0.25, 0.3) is 0 Å². The molecular formula is C12H14N2O2. The molecule has 0 aliphatic heterocycles. The van der Waals surface area contributed by atoms with Gasteiger partial charge in [-0.2, -0.15) is 5.26 Å². The molecule has 0 aliphatic carbocycles. The lowest BCUT2D eigenvalue weighted by molar-refractivity contribution is 0.0599. The van der Waals surface area contributed by atoms with Gasteiger partial charge in [0.1, 0.15) is 0 Å². The first-order valence-electron chi connectivity index (χ1n) is 5.02. The van der Waals surface area contributed by atoms with E-state index in [9.17, 15) is 4.79 Å². The molecule has 0 heterocycles. The van der Waals surface area contributed by atoms with Crippen molar-refractivity contribution in [3.05, 3.63) is 34.4 Å². The minimum atomic E-state index is -0.427. The van der Waals surface area contributed by atoms with Crippen LogP contribution in [-0.4, -0.2) is 13.1 Å². The number of hydrogen-bond donors (Lipinski definition) is 1. The molecule has 0 aliphatic rings. The van der Waals surface area contributed by atoms with E-state index in [1.165, 1.54) is 7.11 Å². The van der Waals surface area contributed by atoms with Gasteiger partial charge in [-0.1, -0.05) is 6.92 Å². The summed E-state index contributed by atoms with van der Waals surface area (Å²) in [4.78, 5) is 11.6. The van der Waals surface area contributed by atoms with Crippen LogP contribution in [0.2, 0.25) is 0 Å². The molecule has 1 rings (SSSR count). The van der Waals surface area contributed by atoms with E-state index in [-0.39, 0.29) is 0 Å². The normalized spacial score (nSPS) is 9.62. The van der Waals surface area contributed by atoms with Crippen LogP contribution in [0.3, 0.4) is 0 Å². The Labute approximate surface area is 94.6 Å². The first-order chi connectivity index (χ1) is 7.67. The van der Waals surface area contributed by atoms with Crippen LogP contribution < -0.4 is 5.73 Å². The molecule has 4 heteroatoms. The Morgan fingerprint density at radius 3 is 2.69 bits per heavy atom. The van der Waals surface area contributed by atoms with Gasteiger partial charge in [-0.3, -0.25) is 0 Å². The number of nitrogens with zero attached hydrogens (tertiary/aromatic N) is 1. The highest BCUT2D eigenvalue weighted by Crippen LogP contribution is 2.19. The van der Waals surface area contributed by atoms with E-state index in [0.717, 1.165) is 5.56 Å². The molecule has 1 aromatic carbocycles. The second-order valence-electron chi connectivity index (χ2n) is 3.33. The van der Waals surface area contributed by atoms with Crippen molar-refractivity contribution < 1.29 is 9.53 Å². The fourth-order valence-electron chi connectivity index (χ4n) is 1.62. The van der Waals surface area contributed by atoms with E-state index in [2.05, 4.69) is 10.8 Å². The highest BCUT2D eigenvalue weighted by atomic mass is 16.5. The van der Waals surface area contributed by atoms with Crippen molar-refractivity contribution in [3.63, 3.8) is 0 Å². The van der Waals surface area contributed by atoms with Crippen LogP contribution in [0.1, 0.15) is 34.0 Å². The predicted octanol–water partition coefficient (Wildman–Crippen LogP) is 1.37. The highest BCUT2D eigenvalue weighted by Gasteiger charge is 2.15. The number of carbonyl (C=O) groups is 1. The number of carbonyl (C=O) groups excluding carboxylic acids is 1. The molecular weight excluding hydrogens is 204 g/mol. The standard InChI is InChI=1S/C12H14N2O2/c1-3-10-9(7-14)4-8(6-13)5-11(10)12(15)16-2/h4-5H,3,6,13H2,1-2H3. The Balaban J connectivity index is 3.44. The van der Waals surface area contributed by atoms with Gasteiger partial charge < -0.3 is 10.5 Å². The molecule has 1 aromatic rings. The molecule has 84 valence electrons. The smallest absolute Gasteiger partial charge is 0.338 e. The molecule has 0 unspecified atom stereocenters. The monoisotopic (exact) mass is 218 g/mol. The van der Waals surface area contributed by atoms with Crippen molar-refractivity contribution in [2.24, 2.45) is 5.73 Å². The van der Waals surface area contributed by atoms with Gasteiger partial charge in [-0.25, -0.2) is 4.79 Å². The van der Waals surface area contributed by atoms with Gasteiger partial charge in [0.25, 0.3) is 0 Å². The number of rotatable bonds is 3. The molecule has 16 heavy (non-hydrogen) atoms. The van der Waals surface area contributed by atoms with Gasteiger partial charge in [0.15, 0.2) is 0 Å². The minimum absolute atomic E-state index is 0.294. The summed E-state index contributed by atoms with van der Waals surface area (Å²) in [6.45, 7) is 2.19. The second-order valence-corrected chi connectivity index (χ2v) is 3.33. The predicted molar refractivity (Wildman–Crippen MR) is 59.8 cm³/mol. The molecule has 0 bridgehead atoms. The van der Waals surface area contributed by atoms with Gasteiger partial charge in [-0.05, 0) is 29.7 Å². The minimum Gasteiger partial charge on any atom is -0.465 e. The Morgan fingerprint density at radius 2 is 2.25 bits per heavy atom. The maximum absolute atomic E-state index is 11.6. The molecule has 4 nitrogen and oxygen atoms in total. The molecule has 0 amide bonds. The molecule has 0 saturated carbocycles. The summed E-state index contributed by atoms with van der Waals surface area (Å²) < 4.78 is 4.69. The first-order valence-corrected chi connectivity index (χ1v) is 5.02. The Kier molecular flexibility index (Phi) is 4.03. The lowest BCUT2D eigenvalue weighted by Gasteiger charge is -2.10. The number of methoxy groups -OCH3 is 1. The van der Waals surface area contributed by atoms with Crippen molar-refractivity contribution in [2.75, 3.05) is 7.11 Å². The van der Waals surface area contributed by atoms with Gasteiger partial charge in [0.05, 0.1) is 24.3 Å². The van der Waals surface area contributed by atoms with Crippen LogP contribution in [0.15, 0.2) is 12.1 Å². The third-order valence-electron chi connectivity index (χ3n) is 2.42. The molecule has 0 radical (unpaired) electrons. The third kappa shape index (κ3) is 2.20. The summed E-state index contributed by atoms with van der Waals surface area (Å²) in [5.41, 5.74) is 7.91. The zero-order valence-electron chi connectivity index (χ0n) is 9.41. The number of esters is 1. The van der Waals surface area contributed by atoms with Crippen molar-refractivity contribution in [1.82, 2.24) is 0 Å². The summed E-state index contributed by atoms with van der Waals surface area (Å²) in [7, 11) is 1.32. The zero-order chi connectivity index (χ0) is 12.1. The second kappa shape index (κ2) is 5.29. The summed E-state index contributed by atoms with van der Waals surface area (Å²) in [6, 6.07) is 5.48. The van der Waals surface area contributed by atoms with Crippen molar-refractivity contribution in [2.45, 2.75) is 19.9 Å². The Bertz CT molecular complexity index is 447. The first kappa shape index (κ1) is 12.2. The lowest BCUT2D eigenvalue weighted by Crippen LogP contribution is -2.09. The quantitative estimate of drug-likeness (QED) is 0.777. The van der Waals surface area contributed by atoms with Gasteiger partial charge in [0.2, 0.25) is 0 Å². The fourth-order valence-corrected chi connectivity index (χ4v) is 1.62. The van der Waals surface area contributed by atoms with Gasteiger partial charge in [0, 0.05) is 6.54 Å². The number of benzene rings is 1. The molecule has 2 N–H and O–H groups in total. The van der Waals surface area contributed by atoms with Crippen LogP contribution >= 0.6 is 0 Å². The van der Waals surface area contributed by atoms with Crippen LogP contribution in [-0.2, 0) is 17.7 Å². The molecule has 0 aromatic heterocycles. The fraction of sp³-hybridized carbons (Fsp3) is 0.333. The average Bonchev–Trinajstić information content (AvgIpc) is 2.35. The molecule has 0 saturated heterocycles. The summed E-state index contributed by atoms with van der Waals surface area (Å²) in [6.07, 6.45) is 0.609. The topological polar surface area (TPSA) is 76.1 Å². The van der Waals surface area contributed by atoms with Gasteiger partial charge in [-0.15, -0.1) is 0 Å². The number of hydrogen-bond acceptors (Lipinski definition) is 4. The summed E-state index contributed by atoms with van der Waals surface area (Å²) >= 11 is 0.